The maximum Gasteiger partial charge on any atom is 0.265 e. The molecule has 1 N–H and O–H groups in total. The molecule has 1 atom stereocenters. The highest BCUT2D eigenvalue weighted by molar-refractivity contribution is 5.94. The summed E-state index contributed by atoms with van der Waals surface area (Å²) in [5.41, 5.74) is 0.763. The predicted octanol–water partition coefficient (Wildman–Crippen LogP) is 3.49. The van der Waals surface area contributed by atoms with Crippen molar-refractivity contribution in [1.29, 1.82) is 0 Å². The van der Waals surface area contributed by atoms with E-state index in [1.807, 2.05) is 37.3 Å². The van der Waals surface area contributed by atoms with E-state index in [1.54, 1.807) is 31.4 Å². The molecule has 2 rings (SSSR count). The maximum absolute atomic E-state index is 12.2. The van der Waals surface area contributed by atoms with Gasteiger partial charge in [-0.3, -0.25) is 4.79 Å². The Morgan fingerprint density at radius 2 is 1.67 bits per heavy atom. The monoisotopic (exact) mass is 285 g/mol. The van der Waals surface area contributed by atoms with Gasteiger partial charge in [-0.15, -0.1) is 0 Å². The van der Waals surface area contributed by atoms with Gasteiger partial charge in [0.1, 0.15) is 11.5 Å². The number of para-hydroxylation sites is 1. The van der Waals surface area contributed by atoms with Crippen LogP contribution in [0, 0.1) is 0 Å². The molecule has 0 spiro atoms. The zero-order valence-corrected chi connectivity index (χ0v) is 12.2. The van der Waals surface area contributed by atoms with Crippen molar-refractivity contribution in [2.45, 2.75) is 19.4 Å². The Hall–Kier alpha value is -2.49. The number of methoxy groups -OCH3 is 1. The number of nitrogens with one attached hydrogen (secondary N) is 1. The number of amides is 1. The van der Waals surface area contributed by atoms with Crippen LogP contribution in [0.1, 0.15) is 13.3 Å². The summed E-state index contributed by atoms with van der Waals surface area (Å²) in [7, 11) is 1.61. The van der Waals surface area contributed by atoms with E-state index in [0.29, 0.717) is 12.2 Å². The summed E-state index contributed by atoms with van der Waals surface area (Å²) in [5.74, 6) is 1.24. The van der Waals surface area contributed by atoms with Gasteiger partial charge in [-0.1, -0.05) is 25.1 Å². The van der Waals surface area contributed by atoms with Gasteiger partial charge in [-0.05, 0) is 42.8 Å². The molecule has 0 aliphatic carbocycles. The van der Waals surface area contributed by atoms with E-state index in [-0.39, 0.29) is 5.91 Å². The minimum absolute atomic E-state index is 0.153. The minimum atomic E-state index is -0.529. The predicted molar refractivity (Wildman–Crippen MR) is 82.8 cm³/mol. The van der Waals surface area contributed by atoms with Gasteiger partial charge >= 0.3 is 0 Å². The van der Waals surface area contributed by atoms with Crippen LogP contribution in [-0.2, 0) is 4.79 Å². The van der Waals surface area contributed by atoms with Crippen LogP contribution in [0.4, 0.5) is 5.69 Å². The standard InChI is InChI=1S/C17H19NO3/c1-3-16(17(19)18-13-7-5-4-6-8-13)21-15-11-9-14(20-2)10-12-15/h4-12,16H,3H2,1-2H3,(H,18,19)/t16-/m1/s1. The molecule has 0 radical (unpaired) electrons. The number of anilines is 1. The fourth-order valence-corrected chi connectivity index (χ4v) is 1.89. The summed E-state index contributed by atoms with van der Waals surface area (Å²) in [4.78, 5) is 12.2. The summed E-state index contributed by atoms with van der Waals surface area (Å²) in [6.45, 7) is 1.92. The lowest BCUT2D eigenvalue weighted by atomic mass is 10.2. The first-order chi connectivity index (χ1) is 10.2. The number of carbonyl (C=O) groups is 1. The largest absolute Gasteiger partial charge is 0.497 e. The second-order valence-electron chi connectivity index (χ2n) is 4.55. The molecule has 0 aromatic heterocycles. The number of ether oxygens (including phenoxy) is 2. The molecule has 0 unspecified atom stereocenters. The molecule has 4 heteroatoms. The fraction of sp³-hybridized carbons (Fsp3) is 0.235. The summed E-state index contributed by atoms with van der Waals surface area (Å²) < 4.78 is 10.8. The second-order valence-corrected chi connectivity index (χ2v) is 4.55. The molecule has 0 saturated carbocycles. The Balaban J connectivity index is 1.99. The molecule has 21 heavy (non-hydrogen) atoms. The Bertz CT molecular complexity index is 566. The molecule has 2 aromatic rings. The lowest BCUT2D eigenvalue weighted by molar-refractivity contribution is -0.122. The molecule has 110 valence electrons. The van der Waals surface area contributed by atoms with E-state index in [9.17, 15) is 4.79 Å². The number of hydrogen-bond acceptors (Lipinski definition) is 3. The SMILES string of the molecule is CC[C@@H](Oc1ccc(OC)cc1)C(=O)Nc1ccccc1. The van der Waals surface area contributed by atoms with Gasteiger partial charge in [0, 0.05) is 5.69 Å². The normalized spacial score (nSPS) is 11.5. The van der Waals surface area contributed by atoms with Crippen molar-refractivity contribution in [1.82, 2.24) is 0 Å². The van der Waals surface area contributed by atoms with Crippen molar-refractivity contribution in [3.63, 3.8) is 0 Å². The van der Waals surface area contributed by atoms with E-state index >= 15 is 0 Å². The van der Waals surface area contributed by atoms with Gasteiger partial charge in [0.05, 0.1) is 7.11 Å². The fourth-order valence-electron chi connectivity index (χ4n) is 1.89. The highest BCUT2D eigenvalue weighted by Gasteiger charge is 2.18. The van der Waals surface area contributed by atoms with Crippen LogP contribution in [-0.4, -0.2) is 19.1 Å². The van der Waals surface area contributed by atoms with Crippen molar-refractivity contribution in [2.24, 2.45) is 0 Å². The molecule has 0 bridgehead atoms. The Kier molecular flexibility index (Phi) is 5.21. The molecular weight excluding hydrogens is 266 g/mol. The number of benzene rings is 2. The third-order valence-corrected chi connectivity index (χ3v) is 3.04. The average molecular weight is 285 g/mol. The van der Waals surface area contributed by atoms with Gasteiger partial charge in [0.15, 0.2) is 6.10 Å². The smallest absolute Gasteiger partial charge is 0.265 e. The molecule has 2 aromatic carbocycles. The molecule has 4 nitrogen and oxygen atoms in total. The van der Waals surface area contributed by atoms with Crippen LogP contribution < -0.4 is 14.8 Å². The minimum Gasteiger partial charge on any atom is -0.497 e. The average Bonchev–Trinajstić information content (AvgIpc) is 2.54. The summed E-state index contributed by atoms with van der Waals surface area (Å²) in [6, 6.07) is 16.5. The maximum atomic E-state index is 12.2. The van der Waals surface area contributed by atoms with Crippen molar-refractivity contribution in [3.8, 4) is 11.5 Å². The van der Waals surface area contributed by atoms with Crippen LogP contribution in [0.15, 0.2) is 54.6 Å². The lowest BCUT2D eigenvalue weighted by Gasteiger charge is -2.17. The zero-order chi connectivity index (χ0) is 15.1. The van der Waals surface area contributed by atoms with Crippen LogP contribution in [0.25, 0.3) is 0 Å². The van der Waals surface area contributed by atoms with E-state index in [2.05, 4.69) is 5.32 Å². The summed E-state index contributed by atoms with van der Waals surface area (Å²) >= 11 is 0. The van der Waals surface area contributed by atoms with Gasteiger partial charge < -0.3 is 14.8 Å². The Morgan fingerprint density at radius 3 is 2.24 bits per heavy atom. The van der Waals surface area contributed by atoms with Crippen molar-refractivity contribution < 1.29 is 14.3 Å². The first-order valence-electron chi connectivity index (χ1n) is 6.89. The molecule has 1 amide bonds. The number of hydrogen-bond donors (Lipinski definition) is 1. The Morgan fingerprint density at radius 1 is 1.05 bits per heavy atom. The van der Waals surface area contributed by atoms with Crippen molar-refractivity contribution in [3.05, 3.63) is 54.6 Å². The van der Waals surface area contributed by atoms with E-state index in [0.717, 1.165) is 11.4 Å². The van der Waals surface area contributed by atoms with Gasteiger partial charge in [-0.2, -0.15) is 0 Å². The van der Waals surface area contributed by atoms with Crippen LogP contribution in [0.3, 0.4) is 0 Å². The van der Waals surface area contributed by atoms with Gasteiger partial charge in [-0.25, -0.2) is 0 Å². The van der Waals surface area contributed by atoms with E-state index in [4.69, 9.17) is 9.47 Å². The lowest BCUT2D eigenvalue weighted by Crippen LogP contribution is -2.32. The molecule has 0 aliphatic heterocycles. The van der Waals surface area contributed by atoms with Gasteiger partial charge in [0.2, 0.25) is 0 Å². The third kappa shape index (κ3) is 4.24. The molecule has 0 heterocycles. The second kappa shape index (κ2) is 7.33. The first-order valence-corrected chi connectivity index (χ1v) is 6.89. The third-order valence-electron chi connectivity index (χ3n) is 3.04. The zero-order valence-electron chi connectivity index (χ0n) is 12.2. The summed E-state index contributed by atoms with van der Waals surface area (Å²) in [6.07, 6.45) is 0.0589. The first kappa shape index (κ1) is 14.9. The highest BCUT2D eigenvalue weighted by Crippen LogP contribution is 2.19. The summed E-state index contributed by atoms with van der Waals surface area (Å²) in [5, 5.41) is 2.85. The molecule has 0 aliphatic rings. The molecule has 0 fully saturated rings. The highest BCUT2D eigenvalue weighted by atomic mass is 16.5. The van der Waals surface area contributed by atoms with Crippen LogP contribution in [0.5, 0.6) is 11.5 Å². The molecule has 0 saturated heterocycles. The van der Waals surface area contributed by atoms with Gasteiger partial charge in [0.25, 0.3) is 5.91 Å². The van der Waals surface area contributed by atoms with Crippen molar-refractivity contribution >= 4 is 11.6 Å². The van der Waals surface area contributed by atoms with Crippen molar-refractivity contribution in [2.75, 3.05) is 12.4 Å². The number of rotatable bonds is 6. The Labute approximate surface area is 124 Å². The van der Waals surface area contributed by atoms with E-state index in [1.165, 1.54) is 0 Å². The number of carbonyl (C=O) groups excluding carboxylic acids is 1. The molecular formula is C17H19NO3. The topological polar surface area (TPSA) is 47.6 Å². The van der Waals surface area contributed by atoms with E-state index < -0.39 is 6.10 Å². The quantitative estimate of drug-likeness (QED) is 0.883. The van der Waals surface area contributed by atoms with Crippen LogP contribution >= 0.6 is 0 Å². The van der Waals surface area contributed by atoms with Crippen LogP contribution in [0.2, 0.25) is 0 Å².